The second-order valence-electron chi connectivity index (χ2n) is 6.71. The Bertz CT molecular complexity index is 554. The average molecular weight is 299 g/mol. The first-order chi connectivity index (χ1) is 10.4. The molecule has 0 aromatic carbocycles. The maximum atomic E-state index is 8.36. The molecule has 1 aliphatic carbocycles. The summed E-state index contributed by atoms with van der Waals surface area (Å²) >= 11 is 0. The number of hydrogen-bond donors (Lipinski definition) is 1. The third-order valence-corrected chi connectivity index (χ3v) is 4.18. The second kappa shape index (κ2) is 8.57. The van der Waals surface area contributed by atoms with Crippen LogP contribution >= 0.6 is 0 Å². The van der Waals surface area contributed by atoms with Crippen LogP contribution in [-0.2, 0) is 0 Å². The van der Waals surface area contributed by atoms with Crippen molar-refractivity contribution in [2.24, 2.45) is 10.6 Å². The molecule has 0 amide bonds. The fraction of sp³-hybridized carbons (Fsp3) is 0.450. The molecule has 0 aromatic rings. The Balaban J connectivity index is 2.77. The predicted octanol–water partition coefficient (Wildman–Crippen LogP) is 5.98. The lowest BCUT2D eigenvalue weighted by Gasteiger charge is -2.32. The first kappa shape index (κ1) is 18.2. The average Bonchev–Trinajstić information content (AvgIpc) is 2.43. The summed E-state index contributed by atoms with van der Waals surface area (Å²) in [6, 6.07) is 0. The molecule has 0 spiro atoms. The van der Waals surface area contributed by atoms with Crippen molar-refractivity contribution in [1.82, 2.24) is 0 Å². The Kier molecular flexibility index (Phi) is 7.10. The van der Waals surface area contributed by atoms with Gasteiger partial charge in [-0.2, -0.15) is 0 Å². The van der Waals surface area contributed by atoms with Gasteiger partial charge in [-0.15, -0.1) is 0 Å². The van der Waals surface area contributed by atoms with Crippen molar-refractivity contribution in [3.63, 3.8) is 0 Å². The number of allylic oxidation sites excluding steroid dienone is 10. The molecule has 0 saturated heterocycles. The van der Waals surface area contributed by atoms with Crippen LogP contribution in [0.5, 0.6) is 0 Å². The van der Waals surface area contributed by atoms with Crippen molar-refractivity contribution < 1.29 is 5.21 Å². The molecule has 0 unspecified atom stereocenters. The van der Waals surface area contributed by atoms with E-state index in [1.807, 2.05) is 19.1 Å². The lowest BCUT2D eigenvalue weighted by molar-refractivity contribution is 0.322. The van der Waals surface area contributed by atoms with Gasteiger partial charge in [-0.3, -0.25) is 0 Å². The maximum Gasteiger partial charge on any atom is 0.0664 e. The van der Waals surface area contributed by atoms with Crippen LogP contribution in [0.25, 0.3) is 0 Å². The lowest BCUT2D eigenvalue weighted by atomic mass is 9.72. The molecule has 0 atom stereocenters. The molecule has 2 nitrogen and oxygen atoms in total. The van der Waals surface area contributed by atoms with Crippen LogP contribution in [0.2, 0.25) is 0 Å². The van der Waals surface area contributed by atoms with Crippen molar-refractivity contribution in [3.8, 4) is 0 Å². The van der Waals surface area contributed by atoms with Gasteiger partial charge in [0, 0.05) is 0 Å². The van der Waals surface area contributed by atoms with Crippen LogP contribution < -0.4 is 0 Å². The molecule has 0 radical (unpaired) electrons. The Hall–Kier alpha value is -1.83. The molecule has 0 aliphatic heterocycles. The largest absolute Gasteiger partial charge is 0.411 e. The van der Waals surface area contributed by atoms with Crippen LogP contribution in [0, 0.1) is 5.41 Å². The molecule has 0 fully saturated rings. The number of hydrogen-bond acceptors (Lipinski definition) is 2. The number of rotatable bonds is 5. The number of nitrogens with zero attached hydrogens (tertiary/aromatic N) is 1. The standard InChI is InChI=1S/C20H29NO/c1-16(8-6-9-17(2)13-15-21-22)11-12-19-18(3)10-7-14-20(19,4)5/h6,8-9,11-13,15,22H,7,10,14H2,1-5H3/b9-6?,12-11?,16-8-,17-13?,21-15?. The molecule has 1 aliphatic rings. The first-order valence-corrected chi connectivity index (χ1v) is 7.94. The van der Waals surface area contributed by atoms with E-state index < -0.39 is 0 Å². The molecule has 1 rings (SSSR count). The summed E-state index contributed by atoms with van der Waals surface area (Å²) in [6.07, 6.45) is 17.5. The first-order valence-electron chi connectivity index (χ1n) is 7.94. The van der Waals surface area contributed by atoms with E-state index in [1.54, 1.807) is 6.08 Å². The van der Waals surface area contributed by atoms with E-state index in [0.29, 0.717) is 0 Å². The lowest BCUT2D eigenvalue weighted by Crippen LogP contribution is -2.19. The zero-order valence-corrected chi connectivity index (χ0v) is 14.6. The highest BCUT2D eigenvalue weighted by Crippen LogP contribution is 2.40. The fourth-order valence-corrected chi connectivity index (χ4v) is 2.84. The van der Waals surface area contributed by atoms with E-state index in [1.165, 1.54) is 42.2 Å². The van der Waals surface area contributed by atoms with Crippen LogP contribution in [0.15, 0.2) is 63.9 Å². The molecule has 0 heterocycles. The summed E-state index contributed by atoms with van der Waals surface area (Å²) in [6.45, 7) is 11.0. The van der Waals surface area contributed by atoms with E-state index >= 15 is 0 Å². The quantitative estimate of drug-likeness (QED) is 0.288. The smallest absolute Gasteiger partial charge is 0.0664 e. The Morgan fingerprint density at radius 1 is 1.14 bits per heavy atom. The molecule has 22 heavy (non-hydrogen) atoms. The van der Waals surface area contributed by atoms with Crippen LogP contribution in [0.3, 0.4) is 0 Å². The van der Waals surface area contributed by atoms with Crippen LogP contribution in [-0.4, -0.2) is 11.4 Å². The SMILES string of the molecule is CC(C=C/C=C(/C)C=CC1=C(C)CCCC1(C)C)=CC=NO. The van der Waals surface area contributed by atoms with Crippen LogP contribution in [0.4, 0.5) is 0 Å². The third kappa shape index (κ3) is 5.88. The molecule has 0 aromatic heterocycles. The van der Waals surface area contributed by atoms with E-state index in [-0.39, 0.29) is 5.41 Å². The highest BCUT2D eigenvalue weighted by Gasteiger charge is 2.26. The molecule has 0 bridgehead atoms. The summed E-state index contributed by atoms with van der Waals surface area (Å²) in [7, 11) is 0. The molecule has 1 N–H and O–H groups in total. The van der Waals surface area contributed by atoms with E-state index in [4.69, 9.17) is 5.21 Å². The zero-order valence-electron chi connectivity index (χ0n) is 14.6. The third-order valence-electron chi connectivity index (χ3n) is 4.18. The van der Waals surface area contributed by atoms with E-state index in [0.717, 1.165) is 5.57 Å². The van der Waals surface area contributed by atoms with Gasteiger partial charge in [0.1, 0.15) is 0 Å². The van der Waals surface area contributed by atoms with Gasteiger partial charge in [0.15, 0.2) is 0 Å². The molecule has 2 heteroatoms. The van der Waals surface area contributed by atoms with Gasteiger partial charge in [0.2, 0.25) is 0 Å². The van der Waals surface area contributed by atoms with Crippen molar-refractivity contribution in [2.45, 2.75) is 53.9 Å². The highest BCUT2D eigenvalue weighted by molar-refractivity contribution is 5.72. The van der Waals surface area contributed by atoms with Crippen molar-refractivity contribution in [1.29, 1.82) is 0 Å². The number of oxime groups is 1. The van der Waals surface area contributed by atoms with Crippen LogP contribution in [0.1, 0.15) is 53.9 Å². The van der Waals surface area contributed by atoms with Gasteiger partial charge in [0.25, 0.3) is 0 Å². The van der Waals surface area contributed by atoms with Crippen molar-refractivity contribution in [2.75, 3.05) is 0 Å². The monoisotopic (exact) mass is 299 g/mol. The molecular formula is C20H29NO. The molecular weight excluding hydrogens is 270 g/mol. The zero-order chi connectivity index (χ0) is 16.6. The van der Waals surface area contributed by atoms with Crippen molar-refractivity contribution >= 4 is 6.21 Å². The van der Waals surface area contributed by atoms with Crippen molar-refractivity contribution in [3.05, 3.63) is 58.7 Å². The normalized spacial score (nSPS) is 20.8. The van der Waals surface area contributed by atoms with Gasteiger partial charge < -0.3 is 5.21 Å². The summed E-state index contributed by atoms with van der Waals surface area (Å²) in [5.41, 5.74) is 5.57. The predicted molar refractivity (Wildman–Crippen MR) is 96.4 cm³/mol. The fourth-order valence-electron chi connectivity index (χ4n) is 2.84. The minimum atomic E-state index is 0.290. The van der Waals surface area contributed by atoms with Gasteiger partial charge >= 0.3 is 0 Å². The van der Waals surface area contributed by atoms with Gasteiger partial charge in [-0.05, 0) is 62.7 Å². The van der Waals surface area contributed by atoms with Gasteiger partial charge in [-0.1, -0.05) is 60.5 Å². The minimum Gasteiger partial charge on any atom is -0.411 e. The summed E-state index contributed by atoms with van der Waals surface area (Å²) < 4.78 is 0. The van der Waals surface area contributed by atoms with E-state index in [2.05, 4.69) is 51.1 Å². The summed E-state index contributed by atoms with van der Waals surface area (Å²) in [4.78, 5) is 0. The molecule has 120 valence electrons. The van der Waals surface area contributed by atoms with E-state index in [9.17, 15) is 0 Å². The topological polar surface area (TPSA) is 32.6 Å². The highest BCUT2D eigenvalue weighted by atomic mass is 16.4. The molecule has 0 saturated carbocycles. The Labute approximate surface area is 135 Å². The second-order valence-corrected chi connectivity index (χ2v) is 6.71. The Morgan fingerprint density at radius 2 is 1.82 bits per heavy atom. The van der Waals surface area contributed by atoms with Gasteiger partial charge in [0.05, 0.1) is 6.21 Å². The summed E-state index contributed by atoms with van der Waals surface area (Å²) in [5.74, 6) is 0. The minimum absolute atomic E-state index is 0.290. The summed E-state index contributed by atoms with van der Waals surface area (Å²) in [5, 5.41) is 11.3. The maximum absolute atomic E-state index is 8.36. The Morgan fingerprint density at radius 3 is 2.45 bits per heavy atom. The van der Waals surface area contributed by atoms with Gasteiger partial charge in [-0.25, -0.2) is 0 Å².